The molecule has 0 saturated carbocycles. The Balaban J connectivity index is 2.05. The summed E-state index contributed by atoms with van der Waals surface area (Å²) < 4.78 is 0. The van der Waals surface area contributed by atoms with Gasteiger partial charge in [0.25, 0.3) is 5.91 Å². The first kappa shape index (κ1) is 15.2. The molecule has 21 heavy (non-hydrogen) atoms. The van der Waals surface area contributed by atoms with Crippen LogP contribution in [0.1, 0.15) is 41.4 Å². The molecule has 0 aliphatic heterocycles. The third-order valence-electron chi connectivity index (χ3n) is 2.79. The number of hydrogen-bond donors (Lipinski definition) is 2. The number of rotatable bonds is 3. The fraction of sp³-hybridized carbons (Fsp3) is 0.250. The molecule has 0 spiro atoms. The number of nitrogens with zero attached hydrogens (tertiary/aromatic N) is 1. The first-order valence-corrected chi connectivity index (χ1v) is 7.44. The van der Waals surface area contributed by atoms with Gasteiger partial charge in [0, 0.05) is 16.5 Å². The van der Waals surface area contributed by atoms with Gasteiger partial charge in [0.2, 0.25) is 0 Å². The monoisotopic (exact) mass is 300 g/mol. The molecule has 2 rings (SSSR count). The third-order valence-corrected chi connectivity index (χ3v) is 3.57. The van der Waals surface area contributed by atoms with Crippen LogP contribution in [0.3, 0.4) is 0 Å². The number of carbonyl (C=O) groups is 1. The summed E-state index contributed by atoms with van der Waals surface area (Å²) in [5.41, 5.74) is 2.28. The molecule has 4 nitrogen and oxygen atoms in total. The number of carbonyl (C=O) groups excluding carboxylic acids is 1. The van der Waals surface area contributed by atoms with Gasteiger partial charge in [0.15, 0.2) is 5.13 Å². The van der Waals surface area contributed by atoms with Gasteiger partial charge in [-0.15, -0.1) is 11.3 Å². The van der Waals surface area contributed by atoms with Gasteiger partial charge in [-0.3, -0.25) is 10.1 Å². The van der Waals surface area contributed by atoms with Gasteiger partial charge in [-0.1, -0.05) is 25.7 Å². The lowest BCUT2D eigenvalue weighted by Gasteiger charge is -2.02. The number of aliphatic hydroxyl groups excluding tert-OH is 1. The minimum absolute atomic E-state index is 0.176. The van der Waals surface area contributed by atoms with Crippen molar-refractivity contribution in [2.45, 2.75) is 19.8 Å². The van der Waals surface area contributed by atoms with E-state index in [2.05, 4.69) is 36.0 Å². The second-order valence-electron chi connectivity index (χ2n) is 4.72. The second kappa shape index (κ2) is 7.02. The second-order valence-corrected chi connectivity index (χ2v) is 5.58. The molecule has 0 saturated heterocycles. The molecule has 108 valence electrons. The molecule has 5 heteroatoms. The zero-order valence-corrected chi connectivity index (χ0v) is 12.7. The average molecular weight is 300 g/mol. The summed E-state index contributed by atoms with van der Waals surface area (Å²) in [6.07, 6.45) is 0. The Morgan fingerprint density at radius 3 is 2.67 bits per heavy atom. The van der Waals surface area contributed by atoms with Gasteiger partial charge in [-0.25, -0.2) is 4.98 Å². The van der Waals surface area contributed by atoms with Crippen LogP contribution in [0.4, 0.5) is 5.13 Å². The minimum atomic E-state index is -0.193. The molecule has 1 aromatic carbocycles. The molecule has 1 amide bonds. The van der Waals surface area contributed by atoms with Gasteiger partial charge in [0.05, 0.1) is 5.69 Å². The van der Waals surface area contributed by atoms with E-state index >= 15 is 0 Å². The third kappa shape index (κ3) is 4.15. The van der Waals surface area contributed by atoms with Crippen molar-refractivity contribution in [3.63, 3.8) is 0 Å². The molecule has 0 fully saturated rings. The fourth-order valence-electron chi connectivity index (χ4n) is 1.62. The lowest BCUT2D eigenvalue weighted by Crippen LogP contribution is -2.11. The standard InChI is InChI=1S/C16H16N2O2S/c1-11(2)14-10-21-16(17-14)18-15(20)13-7-5-12(6-8-13)4-3-9-19/h5-8,10-11,19H,9H2,1-2H3,(H,17,18,20). The van der Waals surface area contributed by atoms with Crippen molar-refractivity contribution in [2.75, 3.05) is 11.9 Å². The Morgan fingerprint density at radius 1 is 1.38 bits per heavy atom. The molecule has 2 N–H and O–H groups in total. The van der Waals surface area contributed by atoms with Crippen molar-refractivity contribution < 1.29 is 9.90 Å². The van der Waals surface area contributed by atoms with Crippen LogP contribution in [0, 0.1) is 11.8 Å². The largest absolute Gasteiger partial charge is 0.384 e. The number of nitrogens with one attached hydrogen (secondary N) is 1. The summed E-state index contributed by atoms with van der Waals surface area (Å²) in [5.74, 6) is 5.50. The van der Waals surface area contributed by atoms with Crippen LogP contribution in [0.5, 0.6) is 0 Å². The Morgan fingerprint density at radius 2 is 2.10 bits per heavy atom. The first-order chi connectivity index (χ1) is 10.1. The highest BCUT2D eigenvalue weighted by molar-refractivity contribution is 7.14. The number of benzene rings is 1. The maximum Gasteiger partial charge on any atom is 0.257 e. The molecule has 0 atom stereocenters. The van der Waals surface area contributed by atoms with Crippen LogP contribution in [-0.2, 0) is 0 Å². The van der Waals surface area contributed by atoms with E-state index in [4.69, 9.17) is 5.11 Å². The maximum absolute atomic E-state index is 12.1. The predicted molar refractivity (Wildman–Crippen MR) is 84.6 cm³/mol. The zero-order chi connectivity index (χ0) is 15.2. The van der Waals surface area contributed by atoms with Crippen molar-refractivity contribution in [1.29, 1.82) is 0 Å². The molecule has 1 heterocycles. The summed E-state index contributed by atoms with van der Waals surface area (Å²) in [4.78, 5) is 16.5. The van der Waals surface area contributed by atoms with Crippen molar-refractivity contribution in [2.24, 2.45) is 0 Å². The van der Waals surface area contributed by atoms with Crippen molar-refractivity contribution in [1.82, 2.24) is 4.98 Å². The highest BCUT2D eigenvalue weighted by atomic mass is 32.1. The zero-order valence-electron chi connectivity index (χ0n) is 11.9. The number of thiazole rings is 1. The molecular weight excluding hydrogens is 284 g/mol. The Bertz CT molecular complexity index is 678. The number of anilines is 1. The van der Waals surface area contributed by atoms with Crippen LogP contribution in [-0.4, -0.2) is 22.6 Å². The highest BCUT2D eigenvalue weighted by Gasteiger charge is 2.10. The summed E-state index contributed by atoms with van der Waals surface area (Å²) >= 11 is 1.42. The fourth-order valence-corrected chi connectivity index (χ4v) is 2.49. The lowest BCUT2D eigenvalue weighted by molar-refractivity contribution is 0.102. The summed E-state index contributed by atoms with van der Waals surface area (Å²) in [5, 5.41) is 14.0. The first-order valence-electron chi connectivity index (χ1n) is 6.56. The summed E-state index contributed by atoms with van der Waals surface area (Å²) in [7, 11) is 0. The maximum atomic E-state index is 12.1. The molecule has 0 aliphatic rings. The topological polar surface area (TPSA) is 62.2 Å². The molecule has 0 radical (unpaired) electrons. The average Bonchev–Trinajstić information content (AvgIpc) is 2.94. The van der Waals surface area contributed by atoms with Crippen molar-refractivity contribution in [3.8, 4) is 11.8 Å². The molecule has 1 aromatic heterocycles. The van der Waals surface area contributed by atoms with E-state index in [1.165, 1.54) is 11.3 Å². The van der Waals surface area contributed by atoms with E-state index in [-0.39, 0.29) is 12.5 Å². The molecule has 2 aromatic rings. The Labute approximate surface area is 127 Å². The Hall–Kier alpha value is -2.16. The Kier molecular flexibility index (Phi) is 5.09. The molecule has 0 aliphatic carbocycles. The van der Waals surface area contributed by atoms with Gasteiger partial charge in [0.1, 0.15) is 6.61 Å². The molecule has 0 unspecified atom stereocenters. The van der Waals surface area contributed by atoms with Gasteiger partial charge >= 0.3 is 0 Å². The van der Waals surface area contributed by atoms with E-state index in [9.17, 15) is 4.79 Å². The van der Waals surface area contributed by atoms with Crippen LogP contribution in [0.25, 0.3) is 0 Å². The van der Waals surface area contributed by atoms with Crippen LogP contribution >= 0.6 is 11.3 Å². The number of hydrogen-bond acceptors (Lipinski definition) is 4. The van der Waals surface area contributed by atoms with Crippen molar-refractivity contribution in [3.05, 3.63) is 46.5 Å². The molecular formula is C16H16N2O2S. The minimum Gasteiger partial charge on any atom is -0.384 e. The van der Waals surface area contributed by atoms with E-state index < -0.39 is 0 Å². The summed E-state index contributed by atoms with van der Waals surface area (Å²) in [6.45, 7) is 3.95. The smallest absolute Gasteiger partial charge is 0.257 e. The van der Waals surface area contributed by atoms with Crippen LogP contribution < -0.4 is 5.32 Å². The van der Waals surface area contributed by atoms with Gasteiger partial charge < -0.3 is 5.11 Å². The highest BCUT2D eigenvalue weighted by Crippen LogP contribution is 2.21. The van der Waals surface area contributed by atoms with Crippen LogP contribution in [0.2, 0.25) is 0 Å². The molecule has 0 bridgehead atoms. The van der Waals surface area contributed by atoms with E-state index in [0.717, 1.165) is 11.3 Å². The van der Waals surface area contributed by atoms with Crippen molar-refractivity contribution >= 4 is 22.4 Å². The van der Waals surface area contributed by atoms with E-state index in [0.29, 0.717) is 16.6 Å². The predicted octanol–water partition coefficient (Wildman–Crippen LogP) is 2.86. The van der Waals surface area contributed by atoms with Crippen LogP contribution in [0.15, 0.2) is 29.6 Å². The number of aliphatic hydroxyl groups is 1. The van der Waals surface area contributed by atoms with Gasteiger partial charge in [-0.2, -0.15) is 0 Å². The SMILES string of the molecule is CC(C)c1csc(NC(=O)c2ccc(C#CCO)cc2)n1. The lowest BCUT2D eigenvalue weighted by atomic mass is 10.1. The number of amides is 1. The van der Waals surface area contributed by atoms with E-state index in [1.807, 2.05) is 5.38 Å². The van der Waals surface area contributed by atoms with Gasteiger partial charge in [-0.05, 0) is 30.2 Å². The normalized spacial score (nSPS) is 10.1. The van der Waals surface area contributed by atoms with E-state index in [1.54, 1.807) is 24.3 Å². The number of aromatic nitrogens is 1. The quantitative estimate of drug-likeness (QED) is 0.857. The summed E-state index contributed by atoms with van der Waals surface area (Å²) in [6, 6.07) is 6.90.